The molecule has 2 aromatic carbocycles. The number of hydrogen-bond acceptors (Lipinski definition) is 4. The Labute approximate surface area is 142 Å². The molecule has 0 bridgehead atoms. The summed E-state index contributed by atoms with van der Waals surface area (Å²) in [5.41, 5.74) is 0. The van der Waals surface area contributed by atoms with Crippen LogP contribution in [-0.2, 0) is 4.79 Å². The number of amides is 1. The maximum Gasteiger partial charge on any atom is 0.263 e. The molecule has 0 radical (unpaired) electrons. The molecule has 2 aromatic rings. The number of para-hydroxylation sites is 1. The summed E-state index contributed by atoms with van der Waals surface area (Å²) in [7, 11) is 3.36. The molecule has 5 nitrogen and oxygen atoms in total. The van der Waals surface area contributed by atoms with Crippen LogP contribution in [0.1, 0.15) is 6.92 Å². The van der Waals surface area contributed by atoms with Crippen molar-refractivity contribution in [2.75, 3.05) is 27.3 Å². The van der Waals surface area contributed by atoms with Crippen LogP contribution in [0.2, 0.25) is 0 Å². The first-order chi connectivity index (χ1) is 11.6. The first-order valence-corrected chi connectivity index (χ1v) is 7.83. The van der Waals surface area contributed by atoms with Crippen LogP contribution in [0, 0.1) is 0 Å². The number of hydrogen-bond donors (Lipinski definition) is 0. The fraction of sp³-hybridized carbons (Fsp3) is 0.316. The van der Waals surface area contributed by atoms with Gasteiger partial charge in [0.25, 0.3) is 5.91 Å². The highest BCUT2D eigenvalue weighted by atomic mass is 16.5. The largest absolute Gasteiger partial charge is 0.497 e. The Morgan fingerprint density at radius 3 is 2.25 bits per heavy atom. The SMILES string of the molecule is COc1ccc(OCCN(C)C(=O)C(C)Oc2ccccc2)cc1. The average Bonchev–Trinajstić information content (AvgIpc) is 2.62. The molecule has 1 atom stereocenters. The number of carbonyl (C=O) groups is 1. The van der Waals surface area contributed by atoms with E-state index < -0.39 is 6.10 Å². The van der Waals surface area contributed by atoms with Crippen molar-refractivity contribution in [2.24, 2.45) is 0 Å². The van der Waals surface area contributed by atoms with E-state index in [9.17, 15) is 4.79 Å². The molecule has 0 aromatic heterocycles. The number of likely N-dealkylation sites (N-methyl/N-ethyl adjacent to an activating group) is 1. The van der Waals surface area contributed by atoms with Crippen molar-refractivity contribution in [1.82, 2.24) is 4.90 Å². The van der Waals surface area contributed by atoms with Crippen molar-refractivity contribution < 1.29 is 19.0 Å². The first kappa shape index (κ1) is 17.7. The summed E-state index contributed by atoms with van der Waals surface area (Å²) in [4.78, 5) is 13.9. The Morgan fingerprint density at radius 2 is 1.62 bits per heavy atom. The van der Waals surface area contributed by atoms with Gasteiger partial charge in [-0.2, -0.15) is 0 Å². The summed E-state index contributed by atoms with van der Waals surface area (Å²) < 4.78 is 16.4. The lowest BCUT2D eigenvalue weighted by Gasteiger charge is -2.22. The van der Waals surface area contributed by atoms with Crippen molar-refractivity contribution >= 4 is 5.91 Å². The predicted octanol–water partition coefficient (Wildman–Crippen LogP) is 3.00. The van der Waals surface area contributed by atoms with Gasteiger partial charge >= 0.3 is 0 Å². The molecule has 2 rings (SSSR count). The summed E-state index contributed by atoms with van der Waals surface area (Å²) in [6.07, 6.45) is -0.543. The smallest absolute Gasteiger partial charge is 0.263 e. The van der Waals surface area contributed by atoms with Gasteiger partial charge in [-0.05, 0) is 43.3 Å². The average molecular weight is 329 g/mol. The molecule has 0 N–H and O–H groups in total. The molecule has 0 aliphatic carbocycles. The highest BCUT2D eigenvalue weighted by molar-refractivity contribution is 5.80. The minimum Gasteiger partial charge on any atom is -0.497 e. The Kier molecular flexibility index (Phi) is 6.49. The number of benzene rings is 2. The van der Waals surface area contributed by atoms with Gasteiger partial charge in [-0.15, -0.1) is 0 Å². The maximum atomic E-state index is 12.3. The van der Waals surface area contributed by atoms with Gasteiger partial charge in [0.05, 0.1) is 13.7 Å². The van der Waals surface area contributed by atoms with Crippen LogP contribution in [-0.4, -0.2) is 44.2 Å². The molecule has 0 aliphatic heterocycles. The van der Waals surface area contributed by atoms with Gasteiger partial charge < -0.3 is 19.1 Å². The topological polar surface area (TPSA) is 48.0 Å². The van der Waals surface area contributed by atoms with Gasteiger partial charge in [0.15, 0.2) is 6.10 Å². The van der Waals surface area contributed by atoms with Crippen molar-refractivity contribution in [2.45, 2.75) is 13.0 Å². The fourth-order valence-corrected chi connectivity index (χ4v) is 2.15. The lowest BCUT2D eigenvalue weighted by Crippen LogP contribution is -2.39. The number of methoxy groups -OCH3 is 1. The standard InChI is InChI=1S/C19H23NO4/c1-15(24-18-7-5-4-6-8-18)19(21)20(2)13-14-23-17-11-9-16(22-3)10-12-17/h4-12,15H,13-14H2,1-3H3. The van der Waals surface area contributed by atoms with Gasteiger partial charge in [-0.25, -0.2) is 0 Å². The zero-order chi connectivity index (χ0) is 17.4. The van der Waals surface area contributed by atoms with E-state index in [1.54, 1.807) is 26.0 Å². The van der Waals surface area contributed by atoms with E-state index in [1.807, 2.05) is 54.6 Å². The van der Waals surface area contributed by atoms with Crippen molar-refractivity contribution in [3.8, 4) is 17.2 Å². The summed E-state index contributed by atoms with van der Waals surface area (Å²) in [6, 6.07) is 16.6. The second-order valence-corrected chi connectivity index (χ2v) is 5.36. The molecule has 1 unspecified atom stereocenters. The van der Waals surface area contributed by atoms with Gasteiger partial charge in [-0.1, -0.05) is 18.2 Å². The minimum atomic E-state index is -0.543. The van der Waals surface area contributed by atoms with E-state index in [-0.39, 0.29) is 5.91 Å². The second kappa shape index (κ2) is 8.82. The number of ether oxygens (including phenoxy) is 3. The third-order valence-electron chi connectivity index (χ3n) is 3.53. The maximum absolute atomic E-state index is 12.3. The Morgan fingerprint density at radius 1 is 1.00 bits per heavy atom. The van der Waals surface area contributed by atoms with Crippen LogP contribution < -0.4 is 14.2 Å². The molecular weight excluding hydrogens is 306 g/mol. The molecular formula is C19H23NO4. The van der Waals surface area contributed by atoms with Crippen molar-refractivity contribution in [1.29, 1.82) is 0 Å². The Hall–Kier alpha value is -2.69. The van der Waals surface area contributed by atoms with Crippen LogP contribution in [0.4, 0.5) is 0 Å². The molecule has 0 saturated carbocycles. The lowest BCUT2D eigenvalue weighted by molar-refractivity contribution is -0.136. The molecule has 0 saturated heterocycles. The quantitative estimate of drug-likeness (QED) is 0.747. The molecule has 1 amide bonds. The predicted molar refractivity (Wildman–Crippen MR) is 92.7 cm³/mol. The minimum absolute atomic E-state index is 0.0859. The molecule has 0 aliphatic rings. The van der Waals surface area contributed by atoms with Crippen LogP contribution >= 0.6 is 0 Å². The van der Waals surface area contributed by atoms with Gasteiger partial charge in [0, 0.05) is 7.05 Å². The monoisotopic (exact) mass is 329 g/mol. The van der Waals surface area contributed by atoms with Gasteiger partial charge in [0.1, 0.15) is 23.9 Å². The Bertz CT molecular complexity index is 628. The van der Waals surface area contributed by atoms with E-state index in [0.29, 0.717) is 18.9 Å². The van der Waals surface area contributed by atoms with Crippen molar-refractivity contribution in [3.05, 3.63) is 54.6 Å². The molecule has 0 fully saturated rings. The molecule has 24 heavy (non-hydrogen) atoms. The summed E-state index contributed by atoms with van der Waals surface area (Å²) in [6.45, 7) is 2.64. The highest BCUT2D eigenvalue weighted by Crippen LogP contribution is 2.17. The van der Waals surface area contributed by atoms with E-state index in [0.717, 1.165) is 11.5 Å². The Balaban J connectivity index is 1.76. The molecule has 0 spiro atoms. The van der Waals surface area contributed by atoms with Gasteiger partial charge in [-0.3, -0.25) is 4.79 Å². The third-order valence-corrected chi connectivity index (χ3v) is 3.53. The number of nitrogens with zero attached hydrogens (tertiary/aromatic N) is 1. The highest BCUT2D eigenvalue weighted by Gasteiger charge is 2.19. The zero-order valence-electron chi connectivity index (χ0n) is 14.3. The van der Waals surface area contributed by atoms with E-state index in [2.05, 4.69) is 0 Å². The van der Waals surface area contributed by atoms with Crippen LogP contribution in [0.3, 0.4) is 0 Å². The van der Waals surface area contributed by atoms with E-state index >= 15 is 0 Å². The fourth-order valence-electron chi connectivity index (χ4n) is 2.15. The number of carbonyl (C=O) groups excluding carboxylic acids is 1. The van der Waals surface area contributed by atoms with E-state index in [4.69, 9.17) is 14.2 Å². The normalized spacial score (nSPS) is 11.5. The number of rotatable bonds is 8. The van der Waals surface area contributed by atoms with Gasteiger partial charge in [0.2, 0.25) is 0 Å². The van der Waals surface area contributed by atoms with Crippen molar-refractivity contribution in [3.63, 3.8) is 0 Å². The summed E-state index contributed by atoms with van der Waals surface area (Å²) in [5, 5.41) is 0. The second-order valence-electron chi connectivity index (χ2n) is 5.36. The molecule has 0 heterocycles. The first-order valence-electron chi connectivity index (χ1n) is 7.83. The summed E-state index contributed by atoms with van der Waals surface area (Å²) >= 11 is 0. The lowest BCUT2D eigenvalue weighted by atomic mass is 10.3. The van der Waals surface area contributed by atoms with E-state index in [1.165, 1.54) is 0 Å². The van der Waals surface area contributed by atoms with Crippen LogP contribution in [0.15, 0.2) is 54.6 Å². The zero-order valence-corrected chi connectivity index (χ0v) is 14.3. The van der Waals surface area contributed by atoms with Crippen LogP contribution in [0.5, 0.6) is 17.2 Å². The summed E-state index contributed by atoms with van der Waals surface area (Å²) in [5.74, 6) is 2.12. The molecule has 5 heteroatoms. The molecule has 128 valence electrons. The third kappa shape index (κ3) is 5.19. The van der Waals surface area contributed by atoms with Crippen LogP contribution in [0.25, 0.3) is 0 Å².